The molecule has 0 radical (unpaired) electrons. The highest BCUT2D eigenvalue weighted by molar-refractivity contribution is 8.26. The molecular weight excluding hydrogens is 412 g/mol. The van der Waals surface area contributed by atoms with Gasteiger partial charge >= 0.3 is 0 Å². The van der Waals surface area contributed by atoms with Crippen LogP contribution in [0.5, 0.6) is 0 Å². The Bertz CT molecular complexity index is 1010. The van der Waals surface area contributed by atoms with Crippen LogP contribution >= 0.6 is 24.0 Å². The minimum absolute atomic E-state index is 0.0630. The van der Waals surface area contributed by atoms with Gasteiger partial charge in [-0.3, -0.25) is 14.5 Å². The van der Waals surface area contributed by atoms with Crippen LogP contribution in [-0.2, 0) is 9.59 Å². The summed E-state index contributed by atoms with van der Waals surface area (Å²) in [5.41, 5.74) is 3.91. The Balaban J connectivity index is 1.54. The molecule has 0 spiro atoms. The third-order valence-corrected chi connectivity index (χ3v) is 6.01. The maximum atomic E-state index is 12.7. The van der Waals surface area contributed by atoms with Crippen LogP contribution in [-0.4, -0.2) is 27.6 Å². The van der Waals surface area contributed by atoms with E-state index in [1.165, 1.54) is 11.8 Å². The molecule has 4 nitrogen and oxygen atoms in total. The van der Waals surface area contributed by atoms with Crippen molar-refractivity contribution >= 4 is 51.9 Å². The van der Waals surface area contributed by atoms with E-state index >= 15 is 0 Å². The first-order valence-electron chi connectivity index (χ1n) is 9.78. The Labute approximate surface area is 187 Å². The molecule has 0 saturated carbocycles. The molecule has 3 rings (SSSR count). The first-order valence-corrected chi connectivity index (χ1v) is 11.0. The minimum Gasteiger partial charge on any atom is -0.326 e. The largest absolute Gasteiger partial charge is 0.326 e. The zero-order valence-corrected chi connectivity index (χ0v) is 18.7. The number of aryl methyl sites for hydroxylation is 1. The molecule has 2 amide bonds. The molecule has 30 heavy (non-hydrogen) atoms. The highest BCUT2D eigenvalue weighted by Gasteiger charge is 2.31. The lowest BCUT2D eigenvalue weighted by atomic mass is 10.1. The number of anilines is 1. The number of thioether (sulfide) groups is 1. The van der Waals surface area contributed by atoms with E-state index in [2.05, 4.69) is 5.32 Å². The molecule has 0 bridgehead atoms. The predicted octanol–water partition coefficient (Wildman–Crippen LogP) is 5.56. The van der Waals surface area contributed by atoms with Gasteiger partial charge in [-0.15, -0.1) is 0 Å². The molecule has 1 aliphatic rings. The third kappa shape index (κ3) is 5.90. The van der Waals surface area contributed by atoms with Gasteiger partial charge in [0.25, 0.3) is 5.91 Å². The van der Waals surface area contributed by atoms with Gasteiger partial charge in [-0.25, -0.2) is 0 Å². The van der Waals surface area contributed by atoms with E-state index in [9.17, 15) is 9.59 Å². The molecule has 1 saturated heterocycles. The number of benzene rings is 2. The average molecular weight is 437 g/mol. The topological polar surface area (TPSA) is 49.4 Å². The van der Waals surface area contributed by atoms with Crippen molar-refractivity contribution in [2.45, 2.75) is 26.7 Å². The molecule has 1 fully saturated rings. The van der Waals surface area contributed by atoms with Gasteiger partial charge in [0.2, 0.25) is 5.91 Å². The summed E-state index contributed by atoms with van der Waals surface area (Å²) < 4.78 is 0.540. The van der Waals surface area contributed by atoms with E-state index in [4.69, 9.17) is 12.2 Å². The highest BCUT2D eigenvalue weighted by Crippen LogP contribution is 2.32. The first kappa shape index (κ1) is 22.0. The van der Waals surface area contributed by atoms with E-state index in [0.717, 1.165) is 22.4 Å². The van der Waals surface area contributed by atoms with Crippen LogP contribution in [0.15, 0.2) is 71.2 Å². The smallest absolute Gasteiger partial charge is 0.266 e. The maximum absolute atomic E-state index is 12.7. The molecule has 0 aliphatic carbocycles. The number of hydrogen-bond acceptors (Lipinski definition) is 4. The van der Waals surface area contributed by atoms with Crippen LogP contribution in [0.25, 0.3) is 6.08 Å². The summed E-state index contributed by atoms with van der Waals surface area (Å²) in [7, 11) is 0. The van der Waals surface area contributed by atoms with Crippen molar-refractivity contribution in [1.29, 1.82) is 0 Å². The van der Waals surface area contributed by atoms with Crippen molar-refractivity contribution in [2.75, 3.05) is 11.9 Å². The lowest BCUT2D eigenvalue weighted by molar-refractivity contribution is -0.122. The molecule has 2 aromatic rings. The van der Waals surface area contributed by atoms with Crippen molar-refractivity contribution in [3.8, 4) is 0 Å². The Morgan fingerprint density at radius 3 is 2.57 bits per heavy atom. The van der Waals surface area contributed by atoms with Crippen LogP contribution in [0.4, 0.5) is 5.69 Å². The van der Waals surface area contributed by atoms with Crippen LogP contribution in [0.3, 0.4) is 0 Å². The minimum atomic E-state index is -0.0925. The van der Waals surface area contributed by atoms with Crippen LogP contribution in [0.2, 0.25) is 0 Å². The monoisotopic (exact) mass is 436 g/mol. The second-order valence-corrected chi connectivity index (χ2v) is 8.77. The second-order valence-electron chi connectivity index (χ2n) is 7.10. The SMILES string of the molecule is CC(/C=C1\SC(=S)N(CCCC(=O)Nc2ccccc2C)C1=O)=C\c1ccccc1. The van der Waals surface area contributed by atoms with Gasteiger partial charge in [-0.05, 0) is 49.1 Å². The number of carbonyl (C=O) groups excluding carboxylic acids is 2. The number of carbonyl (C=O) groups is 2. The average Bonchev–Trinajstić information content (AvgIpc) is 2.97. The normalized spacial score (nSPS) is 15.7. The van der Waals surface area contributed by atoms with Gasteiger partial charge in [0, 0.05) is 18.7 Å². The lowest BCUT2D eigenvalue weighted by Gasteiger charge is -2.14. The van der Waals surface area contributed by atoms with Crippen LogP contribution in [0.1, 0.15) is 30.9 Å². The Morgan fingerprint density at radius 1 is 1.13 bits per heavy atom. The summed E-state index contributed by atoms with van der Waals surface area (Å²) in [6.45, 7) is 4.36. The van der Waals surface area contributed by atoms with Crippen molar-refractivity contribution in [1.82, 2.24) is 4.90 Å². The van der Waals surface area contributed by atoms with E-state index in [1.54, 1.807) is 4.90 Å². The molecule has 0 unspecified atom stereocenters. The molecule has 1 heterocycles. The number of amides is 2. The Hall–Kier alpha value is -2.70. The molecule has 154 valence electrons. The summed E-state index contributed by atoms with van der Waals surface area (Å²) in [6.07, 6.45) is 4.79. The zero-order chi connectivity index (χ0) is 21.5. The van der Waals surface area contributed by atoms with Crippen molar-refractivity contribution in [2.24, 2.45) is 0 Å². The first-order chi connectivity index (χ1) is 14.4. The molecule has 1 N–H and O–H groups in total. The van der Waals surface area contributed by atoms with E-state index in [1.807, 2.05) is 80.6 Å². The van der Waals surface area contributed by atoms with Crippen molar-refractivity contribution in [3.63, 3.8) is 0 Å². The summed E-state index contributed by atoms with van der Waals surface area (Å²) >= 11 is 6.70. The van der Waals surface area contributed by atoms with Gasteiger partial charge in [0.1, 0.15) is 4.32 Å². The molecule has 1 aliphatic heterocycles. The van der Waals surface area contributed by atoms with Crippen LogP contribution < -0.4 is 5.32 Å². The van der Waals surface area contributed by atoms with E-state index in [0.29, 0.717) is 28.6 Å². The van der Waals surface area contributed by atoms with Gasteiger partial charge in [0.05, 0.1) is 4.91 Å². The molecule has 0 aromatic heterocycles. The van der Waals surface area contributed by atoms with Gasteiger partial charge in [-0.2, -0.15) is 0 Å². The van der Waals surface area contributed by atoms with Crippen molar-refractivity contribution < 1.29 is 9.59 Å². The Morgan fingerprint density at radius 2 is 1.83 bits per heavy atom. The lowest BCUT2D eigenvalue weighted by Crippen LogP contribution is -2.29. The quantitative estimate of drug-likeness (QED) is 0.456. The van der Waals surface area contributed by atoms with E-state index in [-0.39, 0.29) is 11.8 Å². The summed E-state index contributed by atoms with van der Waals surface area (Å²) in [5.74, 6) is -0.156. The summed E-state index contributed by atoms with van der Waals surface area (Å²) in [6, 6.07) is 17.6. The fourth-order valence-corrected chi connectivity index (χ4v) is 4.44. The Kier molecular flexibility index (Phi) is 7.60. The fourth-order valence-electron chi connectivity index (χ4n) is 3.08. The van der Waals surface area contributed by atoms with Gasteiger partial charge in [0.15, 0.2) is 0 Å². The van der Waals surface area contributed by atoms with Crippen LogP contribution in [0, 0.1) is 6.92 Å². The number of rotatable bonds is 7. The fraction of sp³-hybridized carbons (Fsp3) is 0.208. The summed E-state index contributed by atoms with van der Waals surface area (Å²) in [4.78, 5) is 27.2. The van der Waals surface area contributed by atoms with Gasteiger partial charge < -0.3 is 5.32 Å². The number of nitrogens with zero attached hydrogens (tertiary/aromatic N) is 1. The molecule has 0 atom stereocenters. The number of thiocarbonyl (C=S) groups is 1. The second kappa shape index (κ2) is 10.4. The number of para-hydroxylation sites is 1. The number of allylic oxidation sites excluding steroid dienone is 2. The number of nitrogens with one attached hydrogen (secondary N) is 1. The highest BCUT2D eigenvalue weighted by atomic mass is 32.2. The molecular formula is C24H24N2O2S2. The van der Waals surface area contributed by atoms with E-state index < -0.39 is 0 Å². The van der Waals surface area contributed by atoms with Crippen molar-refractivity contribution in [3.05, 3.63) is 82.3 Å². The zero-order valence-electron chi connectivity index (χ0n) is 17.1. The maximum Gasteiger partial charge on any atom is 0.266 e. The summed E-state index contributed by atoms with van der Waals surface area (Å²) in [5, 5.41) is 2.92. The van der Waals surface area contributed by atoms with Gasteiger partial charge in [-0.1, -0.05) is 78.6 Å². The standard InChI is InChI=1S/C24H24N2O2S2/c1-17(15-19-10-4-3-5-11-19)16-21-23(28)26(24(29)30-21)14-8-13-22(27)25-20-12-7-6-9-18(20)2/h3-7,9-12,15-16H,8,13-14H2,1-2H3,(H,25,27)/b17-15+,21-16-. The molecule has 2 aromatic carbocycles. The number of hydrogen-bond donors (Lipinski definition) is 1. The predicted molar refractivity (Wildman–Crippen MR) is 129 cm³/mol. The molecule has 6 heteroatoms. The third-order valence-electron chi connectivity index (χ3n) is 4.63.